The van der Waals surface area contributed by atoms with Gasteiger partial charge in [-0.3, -0.25) is 0 Å². The Labute approximate surface area is 90.3 Å². The van der Waals surface area contributed by atoms with Gasteiger partial charge in [-0.15, -0.1) is 0 Å². The van der Waals surface area contributed by atoms with Gasteiger partial charge >= 0.3 is 0 Å². The van der Waals surface area contributed by atoms with Crippen LogP contribution in [0.3, 0.4) is 0 Å². The molecule has 2 unspecified atom stereocenters. The Morgan fingerprint density at radius 2 is 2.21 bits per heavy atom. The van der Waals surface area contributed by atoms with E-state index >= 15 is 0 Å². The maximum Gasteiger partial charge on any atom is 0.0438 e. The third-order valence-electron chi connectivity index (χ3n) is 3.05. The summed E-state index contributed by atoms with van der Waals surface area (Å²) >= 11 is 2.05. The van der Waals surface area contributed by atoms with Crippen molar-refractivity contribution in [3.8, 4) is 0 Å². The Bertz CT molecular complexity index is 335. The van der Waals surface area contributed by atoms with E-state index in [0.29, 0.717) is 11.3 Å². The molecular formula is C12H17NS. The van der Waals surface area contributed by atoms with Crippen LogP contribution in [0.15, 0.2) is 18.2 Å². The number of aryl methyl sites for hydroxylation is 1. The molecule has 0 amide bonds. The van der Waals surface area contributed by atoms with Crippen molar-refractivity contribution in [1.82, 2.24) is 5.32 Å². The topological polar surface area (TPSA) is 12.0 Å². The lowest BCUT2D eigenvalue weighted by Gasteiger charge is -2.31. The fraction of sp³-hybridized carbons (Fsp3) is 0.500. The van der Waals surface area contributed by atoms with Crippen molar-refractivity contribution in [2.75, 3.05) is 7.05 Å². The summed E-state index contributed by atoms with van der Waals surface area (Å²) in [6, 6.07) is 7.16. The van der Waals surface area contributed by atoms with E-state index in [-0.39, 0.29) is 0 Å². The van der Waals surface area contributed by atoms with Gasteiger partial charge in [-0.05, 0) is 30.7 Å². The second-order valence-electron chi connectivity index (χ2n) is 3.93. The highest BCUT2D eigenvalue weighted by Gasteiger charge is 2.25. The third-order valence-corrected chi connectivity index (χ3v) is 4.31. The number of nitrogens with one attached hydrogen (secondary N) is 1. The van der Waals surface area contributed by atoms with Crippen LogP contribution in [-0.2, 0) is 5.75 Å². The summed E-state index contributed by atoms with van der Waals surface area (Å²) in [5, 5.41) is 4.09. The summed E-state index contributed by atoms with van der Waals surface area (Å²) < 4.78 is 0. The van der Waals surface area contributed by atoms with E-state index in [9.17, 15) is 0 Å². The Hall–Kier alpha value is -0.470. The number of fused-ring (bicyclic) bond motifs is 1. The second-order valence-corrected chi connectivity index (χ2v) is 5.29. The van der Waals surface area contributed by atoms with Crippen LogP contribution in [-0.4, -0.2) is 12.3 Å². The fourth-order valence-corrected chi connectivity index (χ4v) is 3.47. The summed E-state index contributed by atoms with van der Waals surface area (Å²) in [5.41, 5.74) is 4.47. The van der Waals surface area contributed by atoms with E-state index in [0.717, 1.165) is 0 Å². The van der Waals surface area contributed by atoms with Gasteiger partial charge in [0.1, 0.15) is 0 Å². The number of rotatable bonds is 1. The highest BCUT2D eigenvalue weighted by atomic mass is 32.2. The number of benzene rings is 1. The quantitative estimate of drug-likeness (QED) is 0.760. The average molecular weight is 207 g/mol. The van der Waals surface area contributed by atoms with E-state index in [2.05, 4.69) is 44.4 Å². The van der Waals surface area contributed by atoms with Gasteiger partial charge in [0, 0.05) is 17.0 Å². The van der Waals surface area contributed by atoms with Crippen molar-refractivity contribution < 1.29 is 0 Å². The van der Waals surface area contributed by atoms with Gasteiger partial charge in [-0.1, -0.05) is 25.1 Å². The minimum atomic E-state index is 0.517. The first-order valence-corrected chi connectivity index (χ1v) is 6.16. The Morgan fingerprint density at radius 3 is 2.93 bits per heavy atom. The molecule has 1 heterocycles. The zero-order valence-corrected chi connectivity index (χ0v) is 9.82. The predicted molar refractivity (Wildman–Crippen MR) is 63.7 cm³/mol. The lowest BCUT2D eigenvalue weighted by Crippen LogP contribution is -2.29. The maximum atomic E-state index is 3.42. The van der Waals surface area contributed by atoms with Gasteiger partial charge in [-0.2, -0.15) is 11.8 Å². The molecule has 14 heavy (non-hydrogen) atoms. The third kappa shape index (κ3) is 1.57. The van der Waals surface area contributed by atoms with Gasteiger partial charge in [-0.25, -0.2) is 0 Å². The van der Waals surface area contributed by atoms with Gasteiger partial charge in [0.2, 0.25) is 0 Å². The average Bonchev–Trinajstić information content (AvgIpc) is 2.18. The highest BCUT2D eigenvalue weighted by molar-refractivity contribution is 7.99. The molecule has 0 fully saturated rings. The van der Waals surface area contributed by atoms with Crippen LogP contribution in [0.1, 0.15) is 29.7 Å². The molecule has 0 saturated carbocycles. The number of thioether (sulfide) groups is 1. The minimum absolute atomic E-state index is 0.517. The molecule has 1 aliphatic rings. The van der Waals surface area contributed by atoms with Crippen LogP contribution in [0.25, 0.3) is 0 Å². The van der Waals surface area contributed by atoms with Gasteiger partial charge in [0.15, 0.2) is 0 Å². The monoisotopic (exact) mass is 207 g/mol. The Morgan fingerprint density at radius 1 is 1.43 bits per heavy atom. The molecule has 0 saturated heterocycles. The van der Waals surface area contributed by atoms with Crippen LogP contribution >= 0.6 is 11.8 Å². The summed E-state index contributed by atoms with van der Waals surface area (Å²) in [7, 11) is 2.05. The largest absolute Gasteiger partial charge is 0.312 e. The number of hydrogen-bond donors (Lipinski definition) is 1. The van der Waals surface area contributed by atoms with Crippen LogP contribution in [0.4, 0.5) is 0 Å². The van der Waals surface area contributed by atoms with Gasteiger partial charge in [0.05, 0.1) is 0 Å². The van der Waals surface area contributed by atoms with E-state index in [1.807, 2.05) is 11.8 Å². The fourth-order valence-electron chi connectivity index (χ4n) is 2.17. The smallest absolute Gasteiger partial charge is 0.0438 e. The molecule has 1 nitrogen and oxygen atoms in total. The van der Waals surface area contributed by atoms with Crippen LogP contribution in [0.5, 0.6) is 0 Å². The van der Waals surface area contributed by atoms with Crippen LogP contribution in [0.2, 0.25) is 0 Å². The molecule has 0 radical (unpaired) electrons. The second kappa shape index (κ2) is 3.95. The SMILES string of the molecule is CNC1c2cccc(C)c2CSC1C. The summed E-state index contributed by atoms with van der Waals surface area (Å²) in [4.78, 5) is 0. The summed E-state index contributed by atoms with van der Waals surface area (Å²) in [6.07, 6.45) is 0. The minimum Gasteiger partial charge on any atom is -0.312 e. The van der Waals surface area contributed by atoms with E-state index in [4.69, 9.17) is 0 Å². The van der Waals surface area contributed by atoms with Gasteiger partial charge < -0.3 is 5.32 Å². The lowest BCUT2D eigenvalue weighted by molar-refractivity contribution is 0.578. The first-order chi connectivity index (χ1) is 6.74. The molecule has 2 heteroatoms. The molecular weight excluding hydrogens is 190 g/mol. The summed E-state index contributed by atoms with van der Waals surface area (Å²) in [5.74, 6) is 1.17. The molecule has 0 spiro atoms. The maximum absolute atomic E-state index is 3.42. The van der Waals surface area contributed by atoms with Crippen molar-refractivity contribution in [3.63, 3.8) is 0 Å². The molecule has 0 bridgehead atoms. The molecule has 1 aromatic rings. The van der Waals surface area contributed by atoms with Crippen LogP contribution in [0, 0.1) is 6.92 Å². The van der Waals surface area contributed by atoms with E-state index in [1.165, 1.54) is 22.4 Å². The predicted octanol–water partition coefficient (Wildman–Crippen LogP) is 2.89. The molecule has 1 N–H and O–H groups in total. The molecule has 2 rings (SSSR count). The Balaban J connectivity index is 2.46. The first-order valence-electron chi connectivity index (χ1n) is 5.11. The molecule has 76 valence electrons. The van der Waals surface area contributed by atoms with Gasteiger partial charge in [0.25, 0.3) is 0 Å². The van der Waals surface area contributed by atoms with Crippen molar-refractivity contribution in [1.29, 1.82) is 0 Å². The zero-order chi connectivity index (χ0) is 10.1. The summed E-state index contributed by atoms with van der Waals surface area (Å²) in [6.45, 7) is 4.51. The number of hydrogen-bond acceptors (Lipinski definition) is 2. The molecule has 2 atom stereocenters. The Kier molecular flexibility index (Phi) is 2.84. The highest BCUT2D eigenvalue weighted by Crippen LogP contribution is 2.38. The molecule has 1 aliphatic heterocycles. The van der Waals surface area contributed by atoms with Crippen LogP contribution < -0.4 is 5.32 Å². The molecule has 0 aromatic heterocycles. The molecule has 0 aliphatic carbocycles. The van der Waals surface area contributed by atoms with Crippen molar-refractivity contribution in [2.45, 2.75) is 30.9 Å². The van der Waals surface area contributed by atoms with E-state index < -0.39 is 0 Å². The van der Waals surface area contributed by atoms with E-state index in [1.54, 1.807) is 0 Å². The zero-order valence-electron chi connectivity index (χ0n) is 9.00. The van der Waals surface area contributed by atoms with Crippen molar-refractivity contribution in [2.24, 2.45) is 0 Å². The standard InChI is InChI=1S/C12H17NS/c1-8-5-4-6-10-11(8)7-14-9(2)12(10)13-3/h4-6,9,12-13H,7H2,1-3H3. The molecule has 1 aromatic carbocycles. The first kappa shape index (κ1) is 10.1. The van der Waals surface area contributed by atoms with Crippen molar-refractivity contribution >= 4 is 11.8 Å². The normalized spacial score (nSPS) is 25.9. The van der Waals surface area contributed by atoms with Crippen molar-refractivity contribution in [3.05, 3.63) is 34.9 Å². The lowest BCUT2D eigenvalue weighted by atomic mass is 9.95.